The Balaban J connectivity index is 1.78. The maximum Gasteiger partial charge on any atom is 0.526 e. The van der Waals surface area contributed by atoms with Gasteiger partial charge in [0.05, 0.1) is 27.0 Å². The molecular weight excluding hydrogens is 565 g/mol. The Hall–Kier alpha value is -2.79. The molecule has 1 saturated heterocycles. The van der Waals surface area contributed by atoms with Crippen molar-refractivity contribution in [2.24, 2.45) is 0 Å². The fraction of sp³-hybridized carbons (Fsp3) is 0.407. The lowest BCUT2D eigenvalue weighted by Crippen LogP contribution is -2.69. The minimum Gasteiger partial charge on any atom is -0.480 e. The van der Waals surface area contributed by atoms with Gasteiger partial charge in [-0.05, 0) is 50.6 Å². The summed E-state index contributed by atoms with van der Waals surface area (Å²) in [6.07, 6.45) is -0.772. The van der Waals surface area contributed by atoms with Crippen LogP contribution in [0.3, 0.4) is 0 Å². The molecule has 4 amide bonds. The van der Waals surface area contributed by atoms with Crippen LogP contribution in [0.5, 0.6) is 0 Å². The maximum atomic E-state index is 13.7. The number of nitrogens with zero attached hydrogens (tertiary/aromatic N) is 1. The highest BCUT2D eigenvalue weighted by molar-refractivity contribution is 8.02. The zero-order valence-corrected chi connectivity index (χ0v) is 24.7. The molecule has 0 bridgehead atoms. The Kier molecular flexibility index (Phi) is 9.27. The number of halogens is 2. The molecule has 1 heterocycles. The normalized spacial score (nSPS) is 20.1. The Morgan fingerprint density at radius 2 is 1.64 bits per heavy atom. The predicted octanol–water partition coefficient (Wildman–Crippen LogP) is 6.19. The Labute approximate surface area is 241 Å². The molecule has 210 valence electrons. The SMILES string of the molecule is CCOC(=O)[N+]1(C(=O)NC(Cc2ccc(NC(=O)c3c(Cl)cccc3Cl)cc2)C(=O)O)CC(C)(C)SC1(C)C. The van der Waals surface area contributed by atoms with Gasteiger partial charge in [0.25, 0.3) is 5.91 Å². The number of nitrogens with one attached hydrogen (secondary N) is 2. The van der Waals surface area contributed by atoms with Crippen molar-refractivity contribution in [2.75, 3.05) is 18.5 Å². The molecule has 12 heteroatoms. The highest BCUT2D eigenvalue weighted by Gasteiger charge is 2.67. The molecule has 2 unspecified atom stereocenters. The molecule has 9 nitrogen and oxygen atoms in total. The number of carbonyl (C=O) groups is 4. The molecule has 0 aliphatic carbocycles. The first kappa shape index (κ1) is 30.7. The number of hydrogen-bond acceptors (Lipinski definition) is 6. The van der Waals surface area contributed by atoms with Gasteiger partial charge in [0.2, 0.25) is 0 Å². The fourth-order valence-electron chi connectivity index (χ4n) is 4.79. The number of aliphatic carboxylic acids is 1. The lowest BCUT2D eigenvalue weighted by molar-refractivity contribution is -0.806. The Morgan fingerprint density at radius 1 is 1.05 bits per heavy atom. The number of ether oxygens (including phenoxy) is 1. The van der Waals surface area contributed by atoms with Gasteiger partial charge in [-0.2, -0.15) is 4.79 Å². The van der Waals surface area contributed by atoms with E-state index in [9.17, 15) is 24.3 Å². The lowest BCUT2D eigenvalue weighted by atomic mass is 10.0. The third-order valence-corrected chi connectivity index (χ3v) is 8.55. The van der Waals surface area contributed by atoms with Crippen molar-refractivity contribution in [3.63, 3.8) is 0 Å². The number of imide groups is 1. The van der Waals surface area contributed by atoms with Gasteiger partial charge in [-0.15, -0.1) is 4.48 Å². The Morgan fingerprint density at radius 3 is 2.13 bits per heavy atom. The summed E-state index contributed by atoms with van der Waals surface area (Å²) in [6.45, 7) is 9.31. The third kappa shape index (κ3) is 6.51. The summed E-state index contributed by atoms with van der Waals surface area (Å²) >= 11 is 13.7. The first-order chi connectivity index (χ1) is 18.1. The van der Waals surface area contributed by atoms with Crippen LogP contribution in [0.2, 0.25) is 10.0 Å². The molecule has 3 N–H and O–H groups in total. The largest absolute Gasteiger partial charge is 0.526 e. The topological polar surface area (TPSA) is 122 Å². The highest BCUT2D eigenvalue weighted by atomic mass is 35.5. The second-order valence-corrected chi connectivity index (χ2v) is 13.4. The van der Waals surface area contributed by atoms with E-state index in [0.29, 0.717) is 11.3 Å². The molecule has 39 heavy (non-hydrogen) atoms. The number of quaternary nitrogens is 1. The summed E-state index contributed by atoms with van der Waals surface area (Å²) in [5.74, 6) is -1.74. The van der Waals surface area contributed by atoms with Gasteiger partial charge < -0.3 is 15.2 Å². The zero-order chi connectivity index (χ0) is 29.2. The summed E-state index contributed by atoms with van der Waals surface area (Å²) in [4.78, 5) is 50.7. The molecule has 1 fully saturated rings. The van der Waals surface area contributed by atoms with Crippen molar-refractivity contribution in [1.29, 1.82) is 0 Å². The van der Waals surface area contributed by atoms with Crippen molar-refractivity contribution in [3.8, 4) is 0 Å². The van der Waals surface area contributed by atoms with Crippen LogP contribution < -0.4 is 10.6 Å². The van der Waals surface area contributed by atoms with Gasteiger partial charge in [0, 0.05) is 26.0 Å². The monoisotopic (exact) mass is 596 g/mol. The van der Waals surface area contributed by atoms with Crippen LogP contribution in [-0.4, -0.2) is 62.4 Å². The molecule has 1 aliphatic heterocycles. The smallest absolute Gasteiger partial charge is 0.480 e. The van der Waals surface area contributed by atoms with Gasteiger partial charge in [-0.1, -0.05) is 53.2 Å². The van der Waals surface area contributed by atoms with E-state index in [0.717, 1.165) is 0 Å². The van der Waals surface area contributed by atoms with Crippen LogP contribution in [0.15, 0.2) is 42.5 Å². The average Bonchev–Trinajstić information content (AvgIpc) is 3.03. The number of hydrogen-bond donors (Lipinski definition) is 3. The van der Waals surface area contributed by atoms with Crippen LogP contribution in [0.1, 0.15) is 50.5 Å². The lowest BCUT2D eigenvalue weighted by Gasteiger charge is -2.37. The molecule has 2 aromatic carbocycles. The molecule has 2 aromatic rings. The van der Waals surface area contributed by atoms with E-state index in [2.05, 4.69) is 10.6 Å². The molecule has 3 rings (SSSR count). The average molecular weight is 598 g/mol. The van der Waals surface area contributed by atoms with Crippen LogP contribution in [-0.2, 0) is 16.0 Å². The standard InChI is InChI=1S/C27H31Cl2N3O6S/c1-6-38-25(37)32(15-26(2,3)39-27(32,4)5)24(36)31-20(23(34)35)14-16-10-12-17(13-11-16)30-22(33)21-18(28)8-7-9-19(21)29/h7-13,20H,6,14-15H2,1-5H3,(H2-,30,31,33,34,35,36)/p+1. The van der Waals surface area contributed by atoms with E-state index < -0.39 is 44.1 Å². The number of carboxylic acid groups (broad SMARTS) is 1. The summed E-state index contributed by atoms with van der Waals surface area (Å²) < 4.78 is 4.18. The van der Waals surface area contributed by atoms with Crippen molar-refractivity contribution < 1.29 is 33.5 Å². The highest BCUT2D eigenvalue weighted by Crippen LogP contribution is 2.52. The van der Waals surface area contributed by atoms with Crippen LogP contribution in [0, 0.1) is 0 Å². The number of urea groups is 1. The number of benzene rings is 2. The third-order valence-electron chi connectivity index (χ3n) is 6.43. The quantitative estimate of drug-likeness (QED) is 0.326. The minimum absolute atomic E-state index is 0.0502. The summed E-state index contributed by atoms with van der Waals surface area (Å²) in [5, 5.41) is 15.6. The van der Waals surface area contributed by atoms with Crippen molar-refractivity contribution in [3.05, 3.63) is 63.6 Å². The number of anilines is 1. The molecule has 2 atom stereocenters. The zero-order valence-electron chi connectivity index (χ0n) is 22.3. The molecule has 0 saturated carbocycles. The van der Waals surface area contributed by atoms with E-state index in [1.165, 1.54) is 11.8 Å². The number of rotatable bonds is 7. The van der Waals surface area contributed by atoms with Crippen LogP contribution >= 0.6 is 35.0 Å². The van der Waals surface area contributed by atoms with Crippen molar-refractivity contribution in [1.82, 2.24) is 5.32 Å². The van der Waals surface area contributed by atoms with Crippen LogP contribution in [0.4, 0.5) is 15.3 Å². The number of carboxylic acids is 1. The Bertz CT molecular complexity index is 1260. The molecule has 0 radical (unpaired) electrons. The molecule has 0 spiro atoms. The predicted molar refractivity (Wildman–Crippen MR) is 152 cm³/mol. The van der Waals surface area contributed by atoms with Gasteiger partial charge in [-0.25, -0.2) is 9.59 Å². The van der Waals surface area contributed by atoms with E-state index in [4.69, 9.17) is 27.9 Å². The first-order valence-corrected chi connectivity index (χ1v) is 13.8. The second kappa shape index (κ2) is 11.8. The van der Waals surface area contributed by atoms with Crippen LogP contribution in [0.25, 0.3) is 0 Å². The van der Waals surface area contributed by atoms with E-state index >= 15 is 0 Å². The second-order valence-electron chi connectivity index (χ2n) is 10.3. The molecule has 0 aromatic heterocycles. The van der Waals surface area contributed by atoms with Gasteiger partial charge in [-0.3, -0.25) is 10.1 Å². The number of carbonyl (C=O) groups excluding carboxylic acids is 3. The van der Waals surface area contributed by atoms with E-state index in [-0.39, 0.29) is 35.2 Å². The first-order valence-electron chi connectivity index (χ1n) is 12.3. The summed E-state index contributed by atoms with van der Waals surface area (Å²) in [7, 11) is 0. The van der Waals surface area contributed by atoms with E-state index in [1.807, 2.05) is 13.8 Å². The molecule has 1 aliphatic rings. The number of amides is 4. The summed E-state index contributed by atoms with van der Waals surface area (Å²) in [6, 6.07) is 9.20. The van der Waals surface area contributed by atoms with Crippen molar-refractivity contribution >= 4 is 64.7 Å². The maximum absolute atomic E-state index is 13.7. The molecular formula is C27H32Cl2N3O6S+. The number of thioether (sulfide) groups is 1. The van der Waals surface area contributed by atoms with Gasteiger partial charge in [0.1, 0.15) is 12.6 Å². The van der Waals surface area contributed by atoms with Crippen molar-refractivity contribution in [2.45, 2.75) is 56.7 Å². The fourth-order valence-corrected chi connectivity index (χ4v) is 7.35. The van der Waals surface area contributed by atoms with Gasteiger partial charge in [0.15, 0.2) is 4.87 Å². The van der Waals surface area contributed by atoms with E-state index in [1.54, 1.807) is 63.2 Å². The van der Waals surface area contributed by atoms with Gasteiger partial charge >= 0.3 is 18.1 Å². The minimum atomic E-state index is -1.31. The summed E-state index contributed by atoms with van der Waals surface area (Å²) in [5.41, 5.74) is 1.18.